The first-order valence-electron chi connectivity index (χ1n) is 6.48. The molecule has 0 aromatic carbocycles. The van der Waals surface area contributed by atoms with E-state index in [1.54, 1.807) is 0 Å². The molecule has 0 aliphatic heterocycles. The quantitative estimate of drug-likeness (QED) is 0.875. The third-order valence-corrected chi connectivity index (χ3v) is 3.83. The molecule has 0 amide bonds. The average molecular weight is 314 g/mol. The van der Waals surface area contributed by atoms with Gasteiger partial charge in [-0.05, 0) is 53.4 Å². The Morgan fingerprint density at radius 1 is 1.39 bits per heavy atom. The Bertz CT molecular complexity index is 391. The van der Waals surface area contributed by atoms with Crippen LogP contribution < -0.4 is 10.6 Å². The monoisotopic (exact) mass is 313 g/mol. The molecular formula is C14H24BrN3. The number of pyridine rings is 1. The van der Waals surface area contributed by atoms with Gasteiger partial charge < -0.3 is 10.6 Å². The highest BCUT2D eigenvalue weighted by molar-refractivity contribution is 9.10. The van der Waals surface area contributed by atoms with Crippen LogP contribution in [0.5, 0.6) is 0 Å². The zero-order chi connectivity index (χ0) is 13.8. The van der Waals surface area contributed by atoms with Crippen LogP contribution in [0.4, 0.5) is 5.82 Å². The van der Waals surface area contributed by atoms with Crippen LogP contribution >= 0.6 is 15.9 Å². The number of hydrogen-bond acceptors (Lipinski definition) is 3. The van der Waals surface area contributed by atoms with Crippen molar-refractivity contribution in [2.24, 2.45) is 11.1 Å². The van der Waals surface area contributed by atoms with Gasteiger partial charge in [0.15, 0.2) is 0 Å². The van der Waals surface area contributed by atoms with Crippen molar-refractivity contribution in [2.45, 2.75) is 34.1 Å². The second-order valence-electron chi connectivity index (χ2n) is 5.53. The summed E-state index contributed by atoms with van der Waals surface area (Å²) >= 11 is 3.49. The van der Waals surface area contributed by atoms with Gasteiger partial charge in [-0.15, -0.1) is 0 Å². The van der Waals surface area contributed by atoms with Crippen LogP contribution in [0.2, 0.25) is 0 Å². The topological polar surface area (TPSA) is 42.1 Å². The summed E-state index contributed by atoms with van der Waals surface area (Å²) in [5.74, 6) is 1.04. The highest BCUT2D eigenvalue weighted by atomic mass is 79.9. The lowest BCUT2D eigenvalue weighted by Gasteiger charge is -2.32. The molecule has 0 fully saturated rings. The first-order chi connectivity index (χ1) is 8.39. The van der Waals surface area contributed by atoms with E-state index in [1.807, 2.05) is 6.92 Å². The Morgan fingerprint density at radius 2 is 2.06 bits per heavy atom. The Balaban J connectivity index is 2.93. The third-order valence-electron chi connectivity index (χ3n) is 3.00. The normalized spacial score (nSPS) is 11.7. The second kappa shape index (κ2) is 6.53. The fourth-order valence-electron chi connectivity index (χ4n) is 1.83. The molecule has 0 radical (unpaired) electrons. The second-order valence-corrected chi connectivity index (χ2v) is 6.38. The molecule has 0 aliphatic carbocycles. The molecule has 0 bridgehead atoms. The lowest BCUT2D eigenvalue weighted by molar-refractivity contribution is 0.376. The minimum Gasteiger partial charge on any atom is -0.356 e. The van der Waals surface area contributed by atoms with Crippen molar-refractivity contribution in [1.82, 2.24) is 4.98 Å². The minimum atomic E-state index is 0.109. The molecule has 0 aliphatic rings. The van der Waals surface area contributed by atoms with Crippen molar-refractivity contribution in [3.05, 3.63) is 22.3 Å². The van der Waals surface area contributed by atoms with Crippen LogP contribution in [0.3, 0.4) is 0 Å². The van der Waals surface area contributed by atoms with Gasteiger partial charge in [0.2, 0.25) is 0 Å². The summed E-state index contributed by atoms with van der Waals surface area (Å²) in [6, 6.07) is 4.13. The van der Waals surface area contributed by atoms with E-state index in [0.717, 1.165) is 35.5 Å². The summed E-state index contributed by atoms with van der Waals surface area (Å²) in [5.41, 5.74) is 6.96. The summed E-state index contributed by atoms with van der Waals surface area (Å²) in [6.07, 6.45) is 1.11. The lowest BCUT2D eigenvalue weighted by atomic mass is 9.93. The molecule has 0 saturated heterocycles. The fourth-order valence-corrected chi connectivity index (χ4v) is 2.05. The Kier molecular flexibility index (Phi) is 5.60. The van der Waals surface area contributed by atoms with Crippen molar-refractivity contribution in [3.8, 4) is 0 Å². The van der Waals surface area contributed by atoms with Gasteiger partial charge in [-0.2, -0.15) is 0 Å². The summed E-state index contributed by atoms with van der Waals surface area (Å²) < 4.78 is 1.06. The van der Waals surface area contributed by atoms with E-state index in [1.165, 1.54) is 0 Å². The summed E-state index contributed by atoms with van der Waals surface area (Å²) in [4.78, 5) is 6.97. The van der Waals surface area contributed by atoms with E-state index in [4.69, 9.17) is 5.73 Å². The number of nitrogens with zero attached hydrogens (tertiary/aromatic N) is 2. The molecule has 1 heterocycles. The number of halogens is 1. The summed E-state index contributed by atoms with van der Waals surface area (Å²) in [7, 11) is 0. The van der Waals surface area contributed by atoms with E-state index in [0.29, 0.717) is 6.54 Å². The zero-order valence-electron chi connectivity index (χ0n) is 11.8. The molecule has 0 saturated carbocycles. The Hall–Kier alpha value is -0.610. The van der Waals surface area contributed by atoms with Crippen molar-refractivity contribution in [3.63, 3.8) is 0 Å². The standard InChI is InChI=1S/C14H24BrN3/c1-5-8-18(10-14(3,4)9-16)13-7-6-12(15)11(2)17-13/h6-7H,5,8-10,16H2,1-4H3. The van der Waals surface area contributed by atoms with Gasteiger partial charge in [0.05, 0.1) is 5.69 Å². The van der Waals surface area contributed by atoms with E-state index in [9.17, 15) is 0 Å². The SMILES string of the molecule is CCCN(CC(C)(C)CN)c1ccc(Br)c(C)n1. The largest absolute Gasteiger partial charge is 0.356 e. The molecular weight excluding hydrogens is 290 g/mol. The summed E-state index contributed by atoms with van der Waals surface area (Å²) in [5, 5.41) is 0. The maximum absolute atomic E-state index is 5.83. The summed E-state index contributed by atoms with van der Waals surface area (Å²) in [6.45, 7) is 11.2. The van der Waals surface area contributed by atoms with Crippen LogP contribution in [-0.2, 0) is 0 Å². The lowest BCUT2D eigenvalue weighted by Crippen LogP contribution is -2.39. The van der Waals surface area contributed by atoms with E-state index >= 15 is 0 Å². The number of aryl methyl sites for hydroxylation is 1. The Morgan fingerprint density at radius 3 is 2.56 bits per heavy atom. The van der Waals surface area contributed by atoms with Gasteiger partial charge >= 0.3 is 0 Å². The predicted molar refractivity (Wildman–Crippen MR) is 82.0 cm³/mol. The first kappa shape index (κ1) is 15.4. The average Bonchev–Trinajstić information content (AvgIpc) is 2.32. The number of anilines is 1. The highest BCUT2D eigenvalue weighted by Gasteiger charge is 2.21. The van der Waals surface area contributed by atoms with Gasteiger partial charge in [0, 0.05) is 17.6 Å². The molecule has 1 aromatic heterocycles. The van der Waals surface area contributed by atoms with E-state index < -0.39 is 0 Å². The molecule has 0 spiro atoms. The van der Waals surface area contributed by atoms with Gasteiger partial charge in [-0.1, -0.05) is 20.8 Å². The predicted octanol–water partition coefficient (Wildman–Crippen LogP) is 3.35. The maximum Gasteiger partial charge on any atom is 0.128 e. The number of nitrogens with two attached hydrogens (primary N) is 1. The molecule has 3 nitrogen and oxygen atoms in total. The molecule has 0 unspecified atom stereocenters. The van der Waals surface area contributed by atoms with Gasteiger partial charge in [0.1, 0.15) is 5.82 Å². The van der Waals surface area contributed by atoms with Crippen LogP contribution in [-0.4, -0.2) is 24.6 Å². The molecule has 1 rings (SSSR count). The minimum absolute atomic E-state index is 0.109. The molecule has 0 atom stereocenters. The van der Waals surface area contributed by atoms with Gasteiger partial charge in [-0.25, -0.2) is 4.98 Å². The van der Waals surface area contributed by atoms with Crippen LogP contribution in [0.1, 0.15) is 32.9 Å². The smallest absolute Gasteiger partial charge is 0.128 e. The molecule has 2 N–H and O–H groups in total. The van der Waals surface area contributed by atoms with Crippen molar-refractivity contribution in [1.29, 1.82) is 0 Å². The molecule has 1 aromatic rings. The number of aromatic nitrogens is 1. The van der Waals surface area contributed by atoms with E-state index in [-0.39, 0.29) is 5.41 Å². The van der Waals surface area contributed by atoms with Crippen molar-refractivity contribution in [2.75, 3.05) is 24.5 Å². The Labute approximate surface area is 119 Å². The maximum atomic E-state index is 5.83. The number of hydrogen-bond donors (Lipinski definition) is 1. The molecule has 102 valence electrons. The van der Waals surface area contributed by atoms with Gasteiger partial charge in [-0.3, -0.25) is 0 Å². The van der Waals surface area contributed by atoms with Gasteiger partial charge in [0.25, 0.3) is 0 Å². The fraction of sp³-hybridized carbons (Fsp3) is 0.643. The van der Waals surface area contributed by atoms with Crippen LogP contribution in [0.25, 0.3) is 0 Å². The zero-order valence-corrected chi connectivity index (χ0v) is 13.4. The van der Waals surface area contributed by atoms with Crippen molar-refractivity contribution < 1.29 is 0 Å². The first-order valence-corrected chi connectivity index (χ1v) is 7.27. The highest BCUT2D eigenvalue weighted by Crippen LogP contribution is 2.23. The van der Waals surface area contributed by atoms with Crippen LogP contribution in [0, 0.1) is 12.3 Å². The van der Waals surface area contributed by atoms with Crippen molar-refractivity contribution >= 4 is 21.7 Å². The molecule has 18 heavy (non-hydrogen) atoms. The van der Waals surface area contributed by atoms with E-state index in [2.05, 4.69) is 58.7 Å². The molecule has 4 heteroatoms. The number of rotatable bonds is 6. The third kappa shape index (κ3) is 4.25. The van der Waals surface area contributed by atoms with Crippen LogP contribution in [0.15, 0.2) is 16.6 Å².